The molecular weight excluding hydrogens is 525 g/mol. The van der Waals surface area contributed by atoms with E-state index in [-0.39, 0.29) is 41.4 Å². The van der Waals surface area contributed by atoms with E-state index in [2.05, 4.69) is 10.1 Å². The van der Waals surface area contributed by atoms with E-state index in [4.69, 9.17) is 9.47 Å². The Kier molecular flexibility index (Phi) is 6.57. The lowest BCUT2D eigenvalue weighted by Gasteiger charge is -2.40. The number of ether oxygens (including phenoxy) is 2. The number of esters is 1. The highest BCUT2D eigenvalue weighted by Crippen LogP contribution is 2.49. The standard InChI is InChI=1S/C25H21F3N4O5S/c1-13-22(38-23(30-13)25(35)9-14(10-25)21(33)36-2)37-20-7-6-15(8-19(20)28)32-24(34)31(12-29-32)11-16-17(26)4-3-5-18(16)27/h3-8,12,14,35H,9-11H2,1-2H3. The Morgan fingerprint density at radius 1 is 1.18 bits per heavy atom. The van der Waals surface area contributed by atoms with Gasteiger partial charge in [0.2, 0.25) is 5.06 Å². The van der Waals surface area contributed by atoms with E-state index in [0.717, 1.165) is 45.1 Å². The monoisotopic (exact) mass is 546 g/mol. The molecule has 1 aliphatic carbocycles. The molecular formula is C25H21F3N4O5S. The first-order chi connectivity index (χ1) is 18.1. The number of aryl methyl sites for hydroxylation is 1. The highest BCUT2D eigenvalue weighted by molar-refractivity contribution is 7.13. The predicted octanol–water partition coefficient (Wildman–Crippen LogP) is 3.83. The van der Waals surface area contributed by atoms with Crippen molar-refractivity contribution in [3.8, 4) is 16.5 Å². The van der Waals surface area contributed by atoms with Gasteiger partial charge in [-0.25, -0.2) is 22.9 Å². The molecule has 38 heavy (non-hydrogen) atoms. The van der Waals surface area contributed by atoms with E-state index < -0.39 is 40.6 Å². The smallest absolute Gasteiger partial charge is 0.350 e. The molecule has 2 heterocycles. The van der Waals surface area contributed by atoms with Gasteiger partial charge in [0, 0.05) is 11.6 Å². The lowest BCUT2D eigenvalue weighted by Crippen LogP contribution is -2.44. The van der Waals surface area contributed by atoms with Crippen LogP contribution >= 0.6 is 11.3 Å². The van der Waals surface area contributed by atoms with Crippen LogP contribution in [0.4, 0.5) is 13.2 Å². The topological polar surface area (TPSA) is 108 Å². The number of rotatable bonds is 7. The number of nitrogens with zero attached hydrogens (tertiary/aromatic N) is 4. The second kappa shape index (κ2) is 9.72. The second-order valence-electron chi connectivity index (χ2n) is 8.92. The molecule has 198 valence electrons. The van der Waals surface area contributed by atoms with Gasteiger partial charge in [-0.05, 0) is 44.0 Å². The van der Waals surface area contributed by atoms with Gasteiger partial charge >= 0.3 is 11.7 Å². The fourth-order valence-corrected chi connectivity index (χ4v) is 5.26. The molecule has 4 aromatic rings. The number of methoxy groups -OCH3 is 1. The Hall–Kier alpha value is -3.97. The fourth-order valence-electron chi connectivity index (χ4n) is 4.22. The molecule has 0 unspecified atom stereocenters. The van der Waals surface area contributed by atoms with Gasteiger partial charge in [0.05, 0.1) is 31.0 Å². The van der Waals surface area contributed by atoms with E-state index in [1.807, 2.05) is 0 Å². The Morgan fingerprint density at radius 3 is 2.55 bits per heavy atom. The summed E-state index contributed by atoms with van der Waals surface area (Å²) in [4.78, 5) is 28.7. The average Bonchev–Trinajstić information content (AvgIpc) is 3.42. The molecule has 1 saturated carbocycles. The second-order valence-corrected chi connectivity index (χ2v) is 9.88. The number of halogens is 3. The molecule has 0 bridgehead atoms. The van der Waals surface area contributed by atoms with E-state index in [9.17, 15) is 27.9 Å². The summed E-state index contributed by atoms with van der Waals surface area (Å²) in [7, 11) is 1.29. The molecule has 1 fully saturated rings. The van der Waals surface area contributed by atoms with Crippen LogP contribution in [0.5, 0.6) is 10.8 Å². The Bertz CT molecular complexity index is 1570. The molecule has 0 amide bonds. The molecule has 0 atom stereocenters. The minimum atomic E-state index is -1.29. The van der Waals surface area contributed by atoms with Crippen molar-refractivity contribution < 1.29 is 32.5 Å². The minimum absolute atomic E-state index is 0.0759. The molecule has 2 aromatic heterocycles. The summed E-state index contributed by atoms with van der Waals surface area (Å²) in [5.41, 5.74) is -1.80. The van der Waals surface area contributed by atoms with Crippen LogP contribution in [0.1, 0.15) is 29.1 Å². The summed E-state index contributed by atoms with van der Waals surface area (Å²) in [6.45, 7) is 1.26. The predicted molar refractivity (Wildman–Crippen MR) is 129 cm³/mol. The first kappa shape index (κ1) is 25.7. The van der Waals surface area contributed by atoms with Gasteiger partial charge in [0.1, 0.15) is 28.6 Å². The van der Waals surface area contributed by atoms with Crippen molar-refractivity contribution in [2.24, 2.45) is 5.92 Å². The summed E-state index contributed by atoms with van der Waals surface area (Å²) in [6, 6.07) is 7.13. The third-order valence-corrected chi connectivity index (χ3v) is 7.57. The van der Waals surface area contributed by atoms with Gasteiger partial charge in [-0.1, -0.05) is 17.4 Å². The molecule has 5 rings (SSSR count). The Morgan fingerprint density at radius 2 is 1.89 bits per heavy atom. The van der Waals surface area contributed by atoms with Crippen molar-refractivity contribution in [3.63, 3.8) is 0 Å². The van der Waals surface area contributed by atoms with Crippen LogP contribution in [0.15, 0.2) is 47.5 Å². The summed E-state index contributed by atoms with van der Waals surface area (Å²) < 4.78 is 55.2. The number of aliphatic hydroxyl groups is 1. The molecule has 13 heteroatoms. The molecule has 0 radical (unpaired) electrons. The fraction of sp³-hybridized carbons (Fsp3) is 0.280. The first-order valence-corrected chi connectivity index (χ1v) is 12.2. The van der Waals surface area contributed by atoms with E-state index in [1.54, 1.807) is 6.92 Å². The van der Waals surface area contributed by atoms with Gasteiger partial charge in [-0.15, -0.1) is 0 Å². The Labute approximate surface area is 217 Å². The zero-order chi connectivity index (χ0) is 27.2. The number of aromatic nitrogens is 4. The number of hydrogen-bond donors (Lipinski definition) is 1. The van der Waals surface area contributed by atoms with Crippen molar-refractivity contribution >= 4 is 17.3 Å². The van der Waals surface area contributed by atoms with Crippen molar-refractivity contribution in [1.82, 2.24) is 19.3 Å². The highest BCUT2D eigenvalue weighted by Gasteiger charge is 2.50. The minimum Gasteiger partial charge on any atom is -0.469 e. The van der Waals surface area contributed by atoms with Crippen LogP contribution in [0.25, 0.3) is 5.69 Å². The zero-order valence-electron chi connectivity index (χ0n) is 20.2. The van der Waals surface area contributed by atoms with Crippen LogP contribution in [0.3, 0.4) is 0 Å². The maximum absolute atomic E-state index is 15.0. The molecule has 2 aromatic carbocycles. The lowest BCUT2D eigenvalue weighted by molar-refractivity contribution is -0.163. The van der Waals surface area contributed by atoms with Crippen LogP contribution < -0.4 is 10.4 Å². The highest BCUT2D eigenvalue weighted by atomic mass is 32.1. The third kappa shape index (κ3) is 4.58. The summed E-state index contributed by atoms with van der Waals surface area (Å²) >= 11 is 1.04. The molecule has 1 aliphatic rings. The van der Waals surface area contributed by atoms with Crippen LogP contribution in [0.2, 0.25) is 0 Å². The molecule has 0 spiro atoms. The quantitative estimate of drug-likeness (QED) is 0.351. The molecule has 9 nitrogen and oxygen atoms in total. The number of thiazole rings is 1. The molecule has 0 saturated heterocycles. The van der Waals surface area contributed by atoms with Gasteiger partial charge < -0.3 is 14.6 Å². The molecule has 0 aliphatic heterocycles. The van der Waals surface area contributed by atoms with E-state index in [1.165, 1.54) is 25.3 Å². The third-order valence-electron chi connectivity index (χ3n) is 6.34. The average molecular weight is 547 g/mol. The number of hydrogen-bond acceptors (Lipinski definition) is 8. The van der Waals surface area contributed by atoms with Crippen LogP contribution in [-0.2, 0) is 21.7 Å². The van der Waals surface area contributed by atoms with E-state index >= 15 is 0 Å². The van der Waals surface area contributed by atoms with Crippen molar-refractivity contribution in [2.45, 2.75) is 31.9 Å². The number of benzene rings is 2. The zero-order valence-corrected chi connectivity index (χ0v) is 21.0. The summed E-state index contributed by atoms with van der Waals surface area (Å²) in [5, 5.41) is 15.3. The number of carbonyl (C=O) groups excluding carboxylic acids is 1. The van der Waals surface area contributed by atoms with Gasteiger partial charge in [0.15, 0.2) is 11.6 Å². The van der Waals surface area contributed by atoms with Crippen molar-refractivity contribution in [3.05, 3.63) is 86.9 Å². The van der Waals surface area contributed by atoms with Gasteiger partial charge in [-0.3, -0.25) is 9.36 Å². The first-order valence-electron chi connectivity index (χ1n) is 11.4. The van der Waals surface area contributed by atoms with Gasteiger partial charge in [0.25, 0.3) is 0 Å². The maximum atomic E-state index is 15.0. The van der Waals surface area contributed by atoms with Crippen molar-refractivity contribution in [2.75, 3.05) is 7.11 Å². The summed E-state index contributed by atoms with van der Waals surface area (Å²) in [5.74, 6) is -3.36. The van der Waals surface area contributed by atoms with E-state index in [0.29, 0.717) is 10.7 Å². The lowest BCUT2D eigenvalue weighted by atomic mass is 9.71. The SMILES string of the molecule is COC(=O)C1CC(O)(c2nc(C)c(Oc3ccc(-n4ncn(Cc5c(F)cccc5F)c4=O)cc3F)s2)C1. The number of carbonyl (C=O) groups is 1. The Balaban J connectivity index is 1.33. The van der Waals surface area contributed by atoms with Crippen molar-refractivity contribution in [1.29, 1.82) is 0 Å². The van der Waals surface area contributed by atoms with Gasteiger partial charge in [-0.2, -0.15) is 9.78 Å². The molecule has 1 N–H and O–H groups in total. The summed E-state index contributed by atoms with van der Waals surface area (Å²) in [6.07, 6.45) is 1.44. The normalized spacial score (nSPS) is 18.7. The largest absolute Gasteiger partial charge is 0.469 e. The van der Waals surface area contributed by atoms with Crippen LogP contribution in [0, 0.1) is 30.3 Å². The van der Waals surface area contributed by atoms with Crippen LogP contribution in [-0.4, -0.2) is 37.5 Å². The maximum Gasteiger partial charge on any atom is 0.350 e.